The lowest BCUT2D eigenvalue weighted by Crippen LogP contribution is -2.41. The van der Waals surface area contributed by atoms with Crippen molar-refractivity contribution < 1.29 is 9.59 Å². The van der Waals surface area contributed by atoms with E-state index in [1.54, 1.807) is 36.4 Å². The molecule has 0 radical (unpaired) electrons. The topological polar surface area (TPSA) is 37.4 Å². The molecule has 4 heteroatoms. The summed E-state index contributed by atoms with van der Waals surface area (Å²) in [7, 11) is 0. The van der Waals surface area contributed by atoms with Crippen molar-refractivity contribution in [1.82, 2.24) is 0 Å². The first-order valence-corrected chi connectivity index (χ1v) is 8.95. The van der Waals surface area contributed by atoms with Gasteiger partial charge < -0.3 is 0 Å². The van der Waals surface area contributed by atoms with Gasteiger partial charge in [-0.05, 0) is 54.0 Å². The van der Waals surface area contributed by atoms with E-state index < -0.39 is 0 Å². The van der Waals surface area contributed by atoms with Crippen LogP contribution in [0.1, 0.15) is 27.0 Å². The molecule has 2 amide bonds. The lowest BCUT2D eigenvalue weighted by Gasteiger charge is -2.29. The summed E-state index contributed by atoms with van der Waals surface area (Å²) in [5, 5.41) is 0.550. The predicted molar refractivity (Wildman–Crippen MR) is 109 cm³/mol. The lowest BCUT2D eigenvalue weighted by molar-refractivity contribution is -0.112. The maximum Gasteiger partial charge on any atom is 0.265 e. The van der Waals surface area contributed by atoms with E-state index in [1.807, 2.05) is 49.4 Å². The Balaban J connectivity index is 1.93. The summed E-state index contributed by atoms with van der Waals surface area (Å²) >= 11 is 6.28. The molecule has 0 N–H and O–H groups in total. The zero-order valence-electron chi connectivity index (χ0n) is 14.6. The Bertz CT molecular complexity index is 1100. The molecule has 3 aromatic carbocycles. The lowest BCUT2D eigenvalue weighted by atomic mass is 9.91. The van der Waals surface area contributed by atoms with Crippen molar-refractivity contribution in [1.29, 1.82) is 0 Å². The first-order chi connectivity index (χ1) is 13.1. The van der Waals surface area contributed by atoms with Crippen molar-refractivity contribution in [3.8, 4) is 0 Å². The Morgan fingerprint density at radius 3 is 2.26 bits per heavy atom. The minimum absolute atomic E-state index is 0.322. The van der Waals surface area contributed by atoms with Crippen LogP contribution in [0, 0.1) is 6.92 Å². The van der Waals surface area contributed by atoms with E-state index in [0.29, 0.717) is 27.4 Å². The molecule has 0 spiro atoms. The summed E-state index contributed by atoms with van der Waals surface area (Å²) in [5.41, 5.74) is 3.83. The van der Waals surface area contributed by atoms with Gasteiger partial charge in [0.25, 0.3) is 11.8 Å². The number of amides is 2. The monoisotopic (exact) mass is 373 g/mol. The highest BCUT2D eigenvalue weighted by molar-refractivity contribution is 6.43. The molecular formula is C23H16ClNO2. The van der Waals surface area contributed by atoms with E-state index in [0.717, 1.165) is 11.1 Å². The van der Waals surface area contributed by atoms with Gasteiger partial charge in [0.1, 0.15) is 0 Å². The van der Waals surface area contributed by atoms with Crippen molar-refractivity contribution in [3.05, 3.63) is 100 Å². The summed E-state index contributed by atoms with van der Waals surface area (Å²) in [6, 6.07) is 21.8. The van der Waals surface area contributed by atoms with Crippen molar-refractivity contribution >= 4 is 40.8 Å². The van der Waals surface area contributed by atoms with E-state index >= 15 is 0 Å². The highest BCUT2D eigenvalue weighted by Crippen LogP contribution is 2.34. The minimum atomic E-state index is -0.357. The maximum absolute atomic E-state index is 13.3. The van der Waals surface area contributed by atoms with Gasteiger partial charge in [0.15, 0.2) is 0 Å². The third-order valence-electron chi connectivity index (χ3n) is 4.55. The number of imide groups is 1. The van der Waals surface area contributed by atoms with E-state index in [9.17, 15) is 9.59 Å². The molecule has 132 valence electrons. The van der Waals surface area contributed by atoms with Crippen molar-refractivity contribution in [2.75, 3.05) is 4.90 Å². The molecular weight excluding hydrogens is 358 g/mol. The van der Waals surface area contributed by atoms with Crippen LogP contribution in [0.3, 0.4) is 0 Å². The van der Waals surface area contributed by atoms with Crippen LogP contribution in [0.5, 0.6) is 0 Å². The van der Waals surface area contributed by atoms with E-state index in [2.05, 4.69) is 0 Å². The molecule has 0 aliphatic carbocycles. The normalized spacial score (nSPS) is 15.2. The molecule has 0 fully saturated rings. The molecule has 0 bridgehead atoms. The second kappa shape index (κ2) is 6.86. The number of hydrogen-bond donors (Lipinski definition) is 0. The summed E-state index contributed by atoms with van der Waals surface area (Å²) in [6.07, 6.45) is 1.75. The smallest absolute Gasteiger partial charge is 0.265 e. The fourth-order valence-corrected chi connectivity index (χ4v) is 3.43. The molecule has 0 saturated heterocycles. The first kappa shape index (κ1) is 17.3. The fourth-order valence-electron chi connectivity index (χ4n) is 3.24. The van der Waals surface area contributed by atoms with Gasteiger partial charge in [0.2, 0.25) is 0 Å². The van der Waals surface area contributed by atoms with Crippen LogP contribution in [-0.2, 0) is 4.79 Å². The Morgan fingerprint density at radius 1 is 0.815 bits per heavy atom. The second-order valence-corrected chi connectivity index (χ2v) is 6.82. The molecule has 0 saturated carbocycles. The number of carbonyl (C=O) groups is 2. The number of nitrogens with zero attached hydrogens (tertiary/aromatic N) is 1. The number of aryl methyl sites for hydroxylation is 1. The van der Waals surface area contributed by atoms with Gasteiger partial charge in [0, 0.05) is 16.2 Å². The second-order valence-electron chi connectivity index (χ2n) is 6.41. The average Bonchev–Trinajstić information content (AvgIpc) is 2.67. The van der Waals surface area contributed by atoms with Crippen LogP contribution >= 0.6 is 11.6 Å². The third kappa shape index (κ3) is 3.07. The largest absolute Gasteiger partial charge is 0.268 e. The standard InChI is InChI=1S/C23H16ClNO2/c1-15-7-6-9-17(13-15)25-22(26)19-11-4-3-10-18(19)20(23(25)27)14-16-8-2-5-12-21(16)24/h2-14H,1H3/b20-14-. The average molecular weight is 374 g/mol. The quantitative estimate of drug-likeness (QED) is 0.447. The molecule has 0 aromatic heterocycles. The zero-order chi connectivity index (χ0) is 19.0. The van der Waals surface area contributed by atoms with Crippen LogP contribution < -0.4 is 4.90 Å². The Hall–Kier alpha value is -3.17. The number of hydrogen-bond acceptors (Lipinski definition) is 2. The number of halogens is 1. The summed E-state index contributed by atoms with van der Waals surface area (Å²) in [4.78, 5) is 27.6. The van der Waals surface area contributed by atoms with Gasteiger partial charge in [-0.3, -0.25) is 9.59 Å². The Morgan fingerprint density at radius 2 is 1.52 bits per heavy atom. The van der Waals surface area contributed by atoms with E-state index in [1.165, 1.54) is 4.90 Å². The van der Waals surface area contributed by atoms with Crippen LogP contribution in [0.15, 0.2) is 72.8 Å². The fraction of sp³-hybridized carbons (Fsp3) is 0.0435. The molecule has 1 heterocycles. The Labute approximate surface area is 162 Å². The van der Waals surface area contributed by atoms with E-state index in [4.69, 9.17) is 11.6 Å². The van der Waals surface area contributed by atoms with Crippen molar-refractivity contribution in [2.45, 2.75) is 6.92 Å². The molecule has 3 nitrogen and oxygen atoms in total. The molecule has 0 atom stereocenters. The SMILES string of the molecule is Cc1cccc(N2C(=O)/C(=C\c3ccccc3Cl)c3ccccc3C2=O)c1. The minimum Gasteiger partial charge on any atom is -0.268 e. The van der Waals surface area contributed by atoms with Gasteiger partial charge in [-0.15, -0.1) is 0 Å². The molecule has 27 heavy (non-hydrogen) atoms. The van der Waals surface area contributed by atoms with Crippen LogP contribution in [0.25, 0.3) is 11.6 Å². The predicted octanol–water partition coefficient (Wildman–Crippen LogP) is 5.38. The Kier molecular flexibility index (Phi) is 4.38. The molecule has 1 aliphatic heterocycles. The van der Waals surface area contributed by atoms with Gasteiger partial charge in [0.05, 0.1) is 5.69 Å². The van der Waals surface area contributed by atoms with Crippen molar-refractivity contribution in [3.63, 3.8) is 0 Å². The van der Waals surface area contributed by atoms with Gasteiger partial charge in [-0.25, -0.2) is 4.90 Å². The summed E-state index contributed by atoms with van der Waals surface area (Å²) < 4.78 is 0. The van der Waals surface area contributed by atoms with Crippen LogP contribution in [0.2, 0.25) is 5.02 Å². The number of benzene rings is 3. The maximum atomic E-state index is 13.3. The van der Waals surface area contributed by atoms with Crippen LogP contribution in [0.4, 0.5) is 5.69 Å². The third-order valence-corrected chi connectivity index (χ3v) is 4.89. The first-order valence-electron chi connectivity index (χ1n) is 8.57. The number of fused-ring (bicyclic) bond motifs is 1. The highest BCUT2D eigenvalue weighted by Gasteiger charge is 2.35. The van der Waals surface area contributed by atoms with Gasteiger partial charge in [-0.1, -0.05) is 60.1 Å². The summed E-state index contributed by atoms with van der Waals surface area (Å²) in [6.45, 7) is 1.93. The zero-order valence-corrected chi connectivity index (χ0v) is 15.4. The van der Waals surface area contributed by atoms with E-state index in [-0.39, 0.29) is 11.8 Å². The number of anilines is 1. The molecule has 1 aliphatic rings. The molecule has 4 rings (SSSR count). The number of carbonyl (C=O) groups excluding carboxylic acids is 2. The van der Waals surface area contributed by atoms with Crippen LogP contribution in [-0.4, -0.2) is 11.8 Å². The van der Waals surface area contributed by atoms with Gasteiger partial charge in [-0.2, -0.15) is 0 Å². The number of rotatable bonds is 2. The molecule has 3 aromatic rings. The summed E-state index contributed by atoms with van der Waals surface area (Å²) in [5.74, 6) is -0.679. The highest BCUT2D eigenvalue weighted by atomic mass is 35.5. The molecule has 0 unspecified atom stereocenters. The van der Waals surface area contributed by atoms with Crippen molar-refractivity contribution in [2.24, 2.45) is 0 Å². The van der Waals surface area contributed by atoms with Gasteiger partial charge >= 0.3 is 0 Å².